The second kappa shape index (κ2) is 3.49. The molecular weight excluding hydrogens is 214 g/mol. The smallest absolute Gasteiger partial charge is 0.225 e. The van der Waals surface area contributed by atoms with Gasteiger partial charge in [-0.05, 0) is 0 Å². The molecule has 0 atom stereocenters. The minimum Gasteiger partial charge on any atom is -0.225 e. The van der Waals surface area contributed by atoms with Gasteiger partial charge < -0.3 is 0 Å². The van der Waals surface area contributed by atoms with Crippen LogP contribution in [0.15, 0.2) is 6.20 Å². The van der Waals surface area contributed by atoms with E-state index in [0.29, 0.717) is 0 Å². The van der Waals surface area contributed by atoms with E-state index in [4.69, 9.17) is 23.2 Å². The lowest BCUT2D eigenvalue weighted by molar-refractivity contribution is 0.151. The SMILES string of the molecule is Fc1ncc(Cl)c(C(F)F)c1Cl. The van der Waals surface area contributed by atoms with Gasteiger partial charge in [0, 0.05) is 6.20 Å². The van der Waals surface area contributed by atoms with Crippen LogP contribution in [0.2, 0.25) is 10.0 Å². The van der Waals surface area contributed by atoms with E-state index in [9.17, 15) is 13.2 Å². The Morgan fingerprint density at radius 1 is 1.33 bits per heavy atom. The molecule has 0 fully saturated rings. The molecule has 0 bridgehead atoms. The summed E-state index contributed by atoms with van der Waals surface area (Å²) in [6.07, 6.45) is -2.10. The molecule has 0 aliphatic carbocycles. The van der Waals surface area contributed by atoms with Crippen LogP contribution in [0.25, 0.3) is 0 Å². The molecule has 1 rings (SSSR count). The van der Waals surface area contributed by atoms with E-state index in [0.717, 1.165) is 6.20 Å². The molecule has 0 saturated carbocycles. The zero-order valence-electron chi connectivity index (χ0n) is 5.49. The molecule has 0 N–H and O–H groups in total. The second-order valence-corrected chi connectivity index (χ2v) is 2.71. The van der Waals surface area contributed by atoms with Crippen LogP contribution in [-0.2, 0) is 0 Å². The minimum atomic E-state index is -2.90. The zero-order valence-corrected chi connectivity index (χ0v) is 7.00. The van der Waals surface area contributed by atoms with Gasteiger partial charge in [-0.3, -0.25) is 0 Å². The molecule has 0 radical (unpaired) electrons. The van der Waals surface area contributed by atoms with Crippen molar-refractivity contribution < 1.29 is 13.2 Å². The summed E-state index contributed by atoms with van der Waals surface area (Å²) in [5.74, 6) is -1.14. The Morgan fingerprint density at radius 3 is 2.33 bits per heavy atom. The van der Waals surface area contributed by atoms with Crippen molar-refractivity contribution in [3.05, 3.63) is 27.8 Å². The van der Waals surface area contributed by atoms with Gasteiger partial charge in [0.05, 0.1) is 10.6 Å². The molecule has 1 aromatic heterocycles. The molecule has 0 aliphatic rings. The van der Waals surface area contributed by atoms with Gasteiger partial charge in [-0.2, -0.15) is 4.39 Å². The van der Waals surface area contributed by atoms with Crippen molar-refractivity contribution in [1.82, 2.24) is 4.98 Å². The predicted octanol–water partition coefficient (Wildman–Crippen LogP) is 3.47. The second-order valence-electron chi connectivity index (χ2n) is 1.93. The summed E-state index contributed by atoms with van der Waals surface area (Å²) in [4.78, 5) is 3.06. The first-order chi connectivity index (χ1) is 5.54. The van der Waals surface area contributed by atoms with Crippen molar-refractivity contribution in [2.75, 3.05) is 0 Å². The molecule has 6 heteroatoms. The van der Waals surface area contributed by atoms with E-state index in [2.05, 4.69) is 4.98 Å². The fraction of sp³-hybridized carbons (Fsp3) is 0.167. The van der Waals surface area contributed by atoms with Gasteiger partial charge in [-0.15, -0.1) is 0 Å². The highest BCUT2D eigenvalue weighted by molar-refractivity contribution is 6.35. The Balaban J connectivity index is 3.33. The number of aromatic nitrogens is 1. The molecule has 1 nitrogen and oxygen atoms in total. The summed E-state index contributed by atoms with van der Waals surface area (Å²) in [7, 11) is 0. The lowest BCUT2D eigenvalue weighted by Crippen LogP contribution is -1.93. The number of nitrogens with zero attached hydrogens (tertiary/aromatic N) is 1. The van der Waals surface area contributed by atoms with Crippen LogP contribution in [0.5, 0.6) is 0 Å². The first kappa shape index (κ1) is 9.61. The number of halogens is 5. The zero-order chi connectivity index (χ0) is 9.30. The Hall–Kier alpha value is -0.480. The molecule has 0 saturated heterocycles. The lowest BCUT2D eigenvalue weighted by Gasteiger charge is -2.04. The van der Waals surface area contributed by atoms with Crippen LogP contribution in [-0.4, -0.2) is 4.98 Å². The number of alkyl halides is 2. The molecular formula is C6H2Cl2F3N. The lowest BCUT2D eigenvalue weighted by atomic mass is 10.3. The van der Waals surface area contributed by atoms with Gasteiger partial charge >= 0.3 is 0 Å². The van der Waals surface area contributed by atoms with Crippen LogP contribution >= 0.6 is 23.2 Å². The average molecular weight is 216 g/mol. The Kier molecular flexibility index (Phi) is 2.80. The molecule has 0 amide bonds. The summed E-state index contributed by atoms with van der Waals surface area (Å²) >= 11 is 10.5. The van der Waals surface area contributed by atoms with Crippen LogP contribution < -0.4 is 0 Å². The standard InChI is InChI=1S/C6H2Cl2F3N/c7-2-1-12-6(11)4(8)3(2)5(9)10/h1,5H. The van der Waals surface area contributed by atoms with Crippen molar-refractivity contribution in [2.24, 2.45) is 0 Å². The molecule has 66 valence electrons. The third-order valence-corrected chi connectivity index (χ3v) is 1.85. The molecule has 0 unspecified atom stereocenters. The third-order valence-electron chi connectivity index (χ3n) is 1.18. The highest BCUT2D eigenvalue weighted by Crippen LogP contribution is 2.33. The van der Waals surface area contributed by atoms with Crippen LogP contribution in [0.3, 0.4) is 0 Å². The summed E-state index contributed by atoms with van der Waals surface area (Å²) in [6, 6.07) is 0. The Morgan fingerprint density at radius 2 is 1.92 bits per heavy atom. The molecule has 1 aromatic rings. The molecule has 0 aromatic carbocycles. The van der Waals surface area contributed by atoms with Crippen molar-refractivity contribution in [3.63, 3.8) is 0 Å². The van der Waals surface area contributed by atoms with Crippen LogP contribution in [0.1, 0.15) is 12.0 Å². The van der Waals surface area contributed by atoms with Crippen LogP contribution in [0.4, 0.5) is 13.2 Å². The number of hydrogen-bond donors (Lipinski definition) is 0. The van der Waals surface area contributed by atoms with Gasteiger partial charge in [0.25, 0.3) is 6.43 Å². The maximum absolute atomic E-state index is 12.5. The Bertz CT molecular complexity index is 303. The first-order valence-corrected chi connectivity index (χ1v) is 3.57. The van der Waals surface area contributed by atoms with Crippen molar-refractivity contribution in [2.45, 2.75) is 6.43 Å². The molecule has 12 heavy (non-hydrogen) atoms. The topological polar surface area (TPSA) is 12.9 Å². The third kappa shape index (κ3) is 1.64. The minimum absolute atomic E-state index is 0.337. The average Bonchev–Trinajstić information content (AvgIpc) is 1.97. The fourth-order valence-corrected chi connectivity index (χ4v) is 1.16. The molecule has 0 spiro atoms. The van der Waals surface area contributed by atoms with E-state index in [1.54, 1.807) is 0 Å². The van der Waals surface area contributed by atoms with E-state index < -0.39 is 23.0 Å². The summed E-state index contributed by atoms with van der Waals surface area (Å²) in [5, 5.41) is -1.06. The van der Waals surface area contributed by atoms with E-state index in [1.807, 2.05) is 0 Å². The highest BCUT2D eigenvalue weighted by Gasteiger charge is 2.19. The van der Waals surface area contributed by atoms with Crippen molar-refractivity contribution >= 4 is 23.2 Å². The van der Waals surface area contributed by atoms with E-state index in [-0.39, 0.29) is 5.02 Å². The molecule has 1 heterocycles. The first-order valence-electron chi connectivity index (χ1n) is 2.81. The predicted molar refractivity (Wildman–Crippen MR) is 39.2 cm³/mol. The summed E-state index contributed by atoms with van der Waals surface area (Å²) in [6.45, 7) is 0. The summed E-state index contributed by atoms with van der Waals surface area (Å²) < 4.78 is 36.7. The normalized spacial score (nSPS) is 10.8. The maximum Gasteiger partial charge on any atom is 0.266 e. The Labute approximate surface area is 76.1 Å². The fourth-order valence-electron chi connectivity index (χ4n) is 0.656. The summed E-state index contributed by atoms with van der Waals surface area (Å²) in [5.41, 5.74) is -0.717. The molecule has 0 aliphatic heterocycles. The van der Waals surface area contributed by atoms with Crippen LogP contribution in [0, 0.1) is 5.95 Å². The van der Waals surface area contributed by atoms with Gasteiger partial charge in [-0.1, -0.05) is 23.2 Å². The maximum atomic E-state index is 12.5. The van der Waals surface area contributed by atoms with E-state index in [1.165, 1.54) is 0 Å². The van der Waals surface area contributed by atoms with Gasteiger partial charge in [0.2, 0.25) is 5.95 Å². The van der Waals surface area contributed by atoms with Gasteiger partial charge in [0.15, 0.2) is 0 Å². The number of hydrogen-bond acceptors (Lipinski definition) is 1. The monoisotopic (exact) mass is 215 g/mol. The quantitative estimate of drug-likeness (QED) is 0.655. The largest absolute Gasteiger partial charge is 0.266 e. The van der Waals surface area contributed by atoms with Gasteiger partial charge in [0.1, 0.15) is 5.02 Å². The number of pyridine rings is 1. The van der Waals surface area contributed by atoms with Gasteiger partial charge in [-0.25, -0.2) is 13.8 Å². The van der Waals surface area contributed by atoms with Crippen molar-refractivity contribution in [1.29, 1.82) is 0 Å². The van der Waals surface area contributed by atoms with Crippen molar-refractivity contribution in [3.8, 4) is 0 Å². The highest BCUT2D eigenvalue weighted by atomic mass is 35.5. The number of rotatable bonds is 1. The van der Waals surface area contributed by atoms with E-state index >= 15 is 0 Å².